The highest BCUT2D eigenvalue weighted by molar-refractivity contribution is 5.66. The van der Waals surface area contributed by atoms with Crippen molar-refractivity contribution < 1.29 is 14.6 Å². The average Bonchev–Trinajstić information content (AvgIpc) is 2.34. The van der Waals surface area contributed by atoms with Gasteiger partial charge in [-0.15, -0.1) is 0 Å². The van der Waals surface area contributed by atoms with Gasteiger partial charge in [-0.2, -0.15) is 5.26 Å². The Bertz CT molecular complexity index is 504. The normalized spacial score (nSPS) is 10.8. The van der Waals surface area contributed by atoms with E-state index in [2.05, 4.69) is 0 Å². The number of nitrogens with two attached hydrogens (primary N) is 1. The van der Waals surface area contributed by atoms with Gasteiger partial charge in [0.1, 0.15) is 17.4 Å². The van der Waals surface area contributed by atoms with Crippen molar-refractivity contribution >= 4 is 11.7 Å². The van der Waals surface area contributed by atoms with Gasteiger partial charge in [0.2, 0.25) is 0 Å². The highest BCUT2D eigenvalue weighted by atomic mass is 16.5. The number of anilines is 1. The number of aliphatic carboxylic acids is 1. The molecular formula is C14H18N2O3. The predicted octanol–water partition coefficient (Wildman–Crippen LogP) is 2.41. The molecule has 0 saturated carbocycles. The summed E-state index contributed by atoms with van der Waals surface area (Å²) in [5.74, 6) is -0.388. The van der Waals surface area contributed by atoms with Gasteiger partial charge in [-0.1, -0.05) is 19.9 Å². The zero-order valence-corrected chi connectivity index (χ0v) is 11.1. The third-order valence-corrected chi connectivity index (χ3v) is 2.80. The minimum Gasteiger partial charge on any atom is -0.492 e. The fraction of sp³-hybridized carbons (Fsp3) is 0.429. The first-order chi connectivity index (χ1) is 8.85. The van der Waals surface area contributed by atoms with E-state index >= 15 is 0 Å². The van der Waals surface area contributed by atoms with Crippen molar-refractivity contribution in [2.75, 3.05) is 12.3 Å². The van der Waals surface area contributed by atoms with Crippen molar-refractivity contribution in [3.8, 4) is 11.8 Å². The summed E-state index contributed by atoms with van der Waals surface area (Å²) in [6.07, 6.45) is 0.602. The van der Waals surface area contributed by atoms with Crippen molar-refractivity contribution in [2.24, 2.45) is 5.41 Å². The minimum atomic E-state index is -0.824. The van der Waals surface area contributed by atoms with Crippen molar-refractivity contribution in [1.29, 1.82) is 5.26 Å². The second-order valence-electron chi connectivity index (χ2n) is 5.18. The van der Waals surface area contributed by atoms with Gasteiger partial charge in [0.15, 0.2) is 0 Å². The van der Waals surface area contributed by atoms with E-state index in [1.54, 1.807) is 18.2 Å². The maximum Gasteiger partial charge on any atom is 0.303 e. The van der Waals surface area contributed by atoms with Crippen molar-refractivity contribution in [2.45, 2.75) is 26.7 Å². The smallest absolute Gasteiger partial charge is 0.303 e. The number of carbonyl (C=O) groups is 1. The van der Waals surface area contributed by atoms with Crippen LogP contribution in [-0.4, -0.2) is 17.7 Å². The lowest BCUT2D eigenvalue weighted by Crippen LogP contribution is -2.22. The van der Waals surface area contributed by atoms with E-state index in [1.165, 1.54) is 0 Å². The summed E-state index contributed by atoms with van der Waals surface area (Å²) < 4.78 is 5.61. The lowest BCUT2D eigenvalue weighted by molar-refractivity contribution is -0.137. The molecule has 0 atom stereocenters. The molecule has 102 valence electrons. The standard InChI is InChI=1S/C14H18N2O3/c1-14(2,7-6-13(17)18)9-19-12-5-3-4-11(16)10(12)8-15/h3-5H,6-7,9,16H2,1-2H3,(H,17,18). The quantitative estimate of drug-likeness (QED) is 0.767. The molecule has 0 saturated heterocycles. The molecular weight excluding hydrogens is 244 g/mol. The third-order valence-electron chi connectivity index (χ3n) is 2.80. The zero-order chi connectivity index (χ0) is 14.5. The summed E-state index contributed by atoms with van der Waals surface area (Å²) in [6, 6.07) is 7.05. The molecule has 5 nitrogen and oxygen atoms in total. The largest absolute Gasteiger partial charge is 0.492 e. The SMILES string of the molecule is CC(C)(CCC(=O)O)COc1cccc(N)c1C#N. The van der Waals surface area contributed by atoms with E-state index in [0.717, 1.165) is 0 Å². The Morgan fingerprint density at radius 1 is 1.53 bits per heavy atom. The fourth-order valence-electron chi connectivity index (χ4n) is 1.58. The second-order valence-corrected chi connectivity index (χ2v) is 5.18. The molecule has 0 spiro atoms. The van der Waals surface area contributed by atoms with Crippen LogP contribution in [0, 0.1) is 16.7 Å². The van der Waals surface area contributed by atoms with Crippen LogP contribution in [0.4, 0.5) is 5.69 Å². The molecule has 0 unspecified atom stereocenters. The molecule has 1 aromatic rings. The molecule has 0 amide bonds. The van der Waals surface area contributed by atoms with Crippen LogP contribution < -0.4 is 10.5 Å². The number of rotatable bonds is 6. The number of hydrogen-bond donors (Lipinski definition) is 2. The topological polar surface area (TPSA) is 96.3 Å². The van der Waals surface area contributed by atoms with E-state index in [-0.39, 0.29) is 11.8 Å². The van der Waals surface area contributed by atoms with Crippen molar-refractivity contribution in [1.82, 2.24) is 0 Å². The van der Waals surface area contributed by atoms with Crippen LogP contribution in [-0.2, 0) is 4.79 Å². The minimum absolute atomic E-state index is 0.0956. The van der Waals surface area contributed by atoms with Crippen LogP contribution in [0.15, 0.2) is 18.2 Å². The van der Waals surface area contributed by atoms with Gasteiger partial charge in [-0.3, -0.25) is 4.79 Å². The molecule has 0 aliphatic rings. The molecule has 1 aromatic carbocycles. The summed E-state index contributed by atoms with van der Waals surface area (Å²) in [6.45, 7) is 4.18. The van der Waals surface area contributed by atoms with Crippen LogP contribution in [0.25, 0.3) is 0 Å². The number of nitrogens with zero attached hydrogens (tertiary/aromatic N) is 1. The Kier molecular flexibility index (Phi) is 4.76. The molecule has 19 heavy (non-hydrogen) atoms. The molecule has 1 rings (SSSR count). The lowest BCUT2D eigenvalue weighted by Gasteiger charge is -2.24. The van der Waals surface area contributed by atoms with Crippen LogP contribution in [0.5, 0.6) is 5.75 Å². The van der Waals surface area contributed by atoms with Crippen molar-refractivity contribution in [3.05, 3.63) is 23.8 Å². The maximum atomic E-state index is 10.6. The van der Waals surface area contributed by atoms with Crippen LogP contribution in [0.1, 0.15) is 32.3 Å². The molecule has 0 heterocycles. The Labute approximate surface area is 112 Å². The Balaban J connectivity index is 2.69. The number of nitriles is 1. The summed E-state index contributed by atoms with van der Waals surface area (Å²) in [7, 11) is 0. The highest BCUT2D eigenvalue weighted by Crippen LogP contribution is 2.27. The summed E-state index contributed by atoms with van der Waals surface area (Å²) in [5, 5.41) is 17.7. The number of nitrogen functional groups attached to an aromatic ring is 1. The zero-order valence-electron chi connectivity index (χ0n) is 11.1. The van der Waals surface area contributed by atoms with Crippen molar-refractivity contribution in [3.63, 3.8) is 0 Å². The van der Waals surface area contributed by atoms with Gasteiger partial charge in [0.25, 0.3) is 0 Å². The van der Waals surface area contributed by atoms with E-state index in [1.807, 2.05) is 19.9 Å². The van der Waals surface area contributed by atoms with E-state index in [4.69, 9.17) is 20.8 Å². The van der Waals surface area contributed by atoms with Gasteiger partial charge in [-0.05, 0) is 24.0 Å². The molecule has 0 aromatic heterocycles. The van der Waals surface area contributed by atoms with Gasteiger partial charge >= 0.3 is 5.97 Å². The second kappa shape index (κ2) is 6.10. The number of benzene rings is 1. The molecule has 3 N–H and O–H groups in total. The Morgan fingerprint density at radius 3 is 2.79 bits per heavy atom. The summed E-state index contributed by atoms with van der Waals surface area (Å²) >= 11 is 0. The maximum absolute atomic E-state index is 10.6. The highest BCUT2D eigenvalue weighted by Gasteiger charge is 2.21. The molecule has 5 heteroatoms. The van der Waals surface area contributed by atoms with Gasteiger partial charge in [-0.25, -0.2) is 0 Å². The van der Waals surface area contributed by atoms with E-state index in [9.17, 15) is 4.79 Å². The van der Waals surface area contributed by atoms with Gasteiger partial charge in [0, 0.05) is 6.42 Å². The molecule has 0 aliphatic carbocycles. The molecule has 0 aliphatic heterocycles. The third kappa shape index (κ3) is 4.51. The first-order valence-electron chi connectivity index (χ1n) is 5.99. The number of carboxylic acid groups (broad SMARTS) is 1. The predicted molar refractivity (Wildman–Crippen MR) is 71.7 cm³/mol. The Hall–Kier alpha value is -2.22. The molecule has 0 fully saturated rings. The van der Waals surface area contributed by atoms with Crippen LogP contribution >= 0.6 is 0 Å². The van der Waals surface area contributed by atoms with Gasteiger partial charge < -0.3 is 15.6 Å². The Morgan fingerprint density at radius 2 is 2.21 bits per heavy atom. The molecule has 0 bridgehead atoms. The number of carboxylic acids is 1. The first kappa shape index (κ1) is 14.8. The lowest BCUT2D eigenvalue weighted by atomic mass is 9.89. The number of ether oxygens (including phenoxy) is 1. The average molecular weight is 262 g/mol. The van der Waals surface area contributed by atoms with E-state index < -0.39 is 5.97 Å². The number of hydrogen-bond acceptors (Lipinski definition) is 4. The van der Waals surface area contributed by atoms with Crippen LogP contribution in [0.2, 0.25) is 0 Å². The van der Waals surface area contributed by atoms with Gasteiger partial charge in [0.05, 0.1) is 12.3 Å². The summed E-state index contributed by atoms with van der Waals surface area (Å²) in [5.41, 5.74) is 6.10. The molecule has 0 radical (unpaired) electrons. The van der Waals surface area contributed by atoms with Crippen LogP contribution in [0.3, 0.4) is 0 Å². The summed E-state index contributed by atoms with van der Waals surface area (Å²) in [4.78, 5) is 10.6. The monoisotopic (exact) mass is 262 g/mol. The first-order valence-corrected chi connectivity index (χ1v) is 5.99. The fourth-order valence-corrected chi connectivity index (χ4v) is 1.58. The van der Waals surface area contributed by atoms with E-state index in [0.29, 0.717) is 30.0 Å².